The van der Waals surface area contributed by atoms with Crippen LogP contribution in [-0.4, -0.2) is 5.78 Å². The van der Waals surface area contributed by atoms with E-state index in [1.165, 1.54) is 0 Å². The van der Waals surface area contributed by atoms with Crippen LogP contribution in [0.2, 0.25) is 0 Å². The van der Waals surface area contributed by atoms with E-state index in [1.54, 1.807) is 0 Å². The smallest absolute Gasteiger partial charge is 0.136 e. The van der Waals surface area contributed by atoms with E-state index in [-0.39, 0.29) is 0 Å². The fourth-order valence-corrected chi connectivity index (χ4v) is 2.10. The van der Waals surface area contributed by atoms with Crippen molar-refractivity contribution in [3.63, 3.8) is 0 Å². The molecule has 0 aliphatic heterocycles. The second-order valence-electron chi connectivity index (χ2n) is 3.31. The Labute approximate surface area is 61.1 Å². The summed E-state index contributed by atoms with van der Waals surface area (Å²) in [5.74, 6) is 1.62. The van der Waals surface area contributed by atoms with Gasteiger partial charge in [0.05, 0.1) is 0 Å². The lowest BCUT2D eigenvalue weighted by molar-refractivity contribution is -0.121. The summed E-state index contributed by atoms with van der Waals surface area (Å²) in [6.07, 6.45) is 8.54. The highest BCUT2D eigenvalue weighted by Crippen LogP contribution is 2.36. The van der Waals surface area contributed by atoms with Crippen molar-refractivity contribution in [1.29, 1.82) is 0 Å². The van der Waals surface area contributed by atoms with Gasteiger partial charge in [0.2, 0.25) is 0 Å². The topological polar surface area (TPSA) is 17.1 Å². The molecule has 0 amide bonds. The molecular weight excluding hydrogens is 124 g/mol. The zero-order chi connectivity index (χ0) is 6.97. The molecule has 0 bridgehead atoms. The van der Waals surface area contributed by atoms with Crippen LogP contribution in [0.3, 0.4) is 0 Å². The van der Waals surface area contributed by atoms with Gasteiger partial charge in [0, 0.05) is 12.3 Å². The lowest BCUT2D eigenvalue weighted by Gasteiger charge is -2.18. The number of hydrogen-bond acceptors (Lipinski definition) is 1. The Morgan fingerprint density at radius 1 is 1.30 bits per heavy atom. The highest BCUT2D eigenvalue weighted by molar-refractivity contribution is 5.83. The van der Waals surface area contributed by atoms with Crippen LogP contribution in [0.1, 0.15) is 25.7 Å². The largest absolute Gasteiger partial charge is 0.299 e. The van der Waals surface area contributed by atoms with Gasteiger partial charge in [-0.3, -0.25) is 4.79 Å². The van der Waals surface area contributed by atoms with Crippen molar-refractivity contribution in [3.8, 4) is 0 Å². The van der Waals surface area contributed by atoms with Gasteiger partial charge in [-0.2, -0.15) is 0 Å². The highest BCUT2D eigenvalue weighted by Gasteiger charge is 2.33. The summed E-state index contributed by atoms with van der Waals surface area (Å²) in [6.45, 7) is 0. The molecule has 0 spiro atoms. The molecule has 1 nitrogen and oxygen atoms in total. The molecule has 0 radical (unpaired) electrons. The van der Waals surface area contributed by atoms with Crippen LogP contribution >= 0.6 is 0 Å². The van der Waals surface area contributed by atoms with Gasteiger partial charge in [-0.15, -0.1) is 0 Å². The van der Waals surface area contributed by atoms with Crippen molar-refractivity contribution in [3.05, 3.63) is 12.2 Å². The number of Topliss-reactive ketones (excluding diaryl/α,β-unsaturated/α-hetero) is 1. The van der Waals surface area contributed by atoms with E-state index in [9.17, 15) is 4.79 Å². The maximum absolute atomic E-state index is 11.2. The van der Waals surface area contributed by atoms with Crippen molar-refractivity contribution < 1.29 is 4.79 Å². The predicted octanol–water partition coefficient (Wildman–Crippen LogP) is 1.93. The summed E-state index contributed by atoms with van der Waals surface area (Å²) < 4.78 is 0. The number of carbonyl (C=O) groups excluding carboxylic acids is 1. The summed E-state index contributed by atoms with van der Waals surface area (Å²) in [4.78, 5) is 11.2. The van der Waals surface area contributed by atoms with Crippen molar-refractivity contribution in [2.45, 2.75) is 25.7 Å². The molecule has 1 heteroatoms. The number of carbonyl (C=O) groups is 1. The Hall–Kier alpha value is -0.590. The second kappa shape index (κ2) is 2.22. The lowest BCUT2D eigenvalue weighted by atomic mass is 9.86. The van der Waals surface area contributed by atoms with Gasteiger partial charge in [0.25, 0.3) is 0 Å². The molecular formula is C9H12O. The maximum Gasteiger partial charge on any atom is 0.136 e. The Bertz CT molecular complexity index is 181. The summed E-state index contributed by atoms with van der Waals surface area (Å²) >= 11 is 0. The first kappa shape index (κ1) is 6.14. The molecule has 0 N–H and O–H groups in total. The molecule has 1 fully saturated rings. The number of fused-ring (bicyclic) bond motifs is 1. The van der Waals surface area contributed by atoms with Crippen molar-refractivity contribution in [1.82, 2.24) is 0 Å². The van der Waals surface area contributed by atoms with E-state index < -0.39 is 0 Å². The number of hydrogen-bond donors (Lipinski definition) is 0. The second-order valence-corrected chi connectivity index (χ2v) is 3.31. The Morgan fingerprint density at radius 2 is 2.10 bits per heavy atom. The van der Waals surface area contributed by atoms with Gasteiger partial charge in [-0.25, -0.2) is 0 Å². The fourth-order valence-electron chi connectivity index (χ4n) is 2.10. The fraction of sp³-hybridized carbons (Fsp3) is 0.667. The van der Waals surface area contributed by atoms with Crippen LogP contribution in [0, 0.1) is 11.8 Å². The summed E-state index contributed by atoms with van der Waals surface area (Å²) in [5.41, 5.74) is 0. The van der Waals surface area contributed by atoms with Gasteiger partial charge >= 0.3 is 0 Å². The van der Waals surface area contributed by atoms with Crippen LogP contribution in [0.25, 0.3) is 0 Å². The number of allylic oxidation sites excluding steroid dienone is 2. The third-order valence-corrected chi connectivity index (χ3v) is 2.74. The van der Waals surface area contributed by atoms with E-state index in [1.807, 2.05) is 0 Å². The van der Waals surface area contributed by atoms with E-state index >= 15 is 0 Å². The van der Waals surface area contributed by atoms with Crippen LogP contribution in [0.15, 0.2) is 12.2 Å². The van der Waals surface area contributed by atoms with Gasteiger partial charge in [0.15, 0.2) is 0 Å². The van der Waals surface area contributed by atoms with Crippen molar-refractivity contribution in [2.75, 3.05) is 0 Å². The first-order valence-corrected chi connectivity index (χ1v) is 4.05. The van der Waals surface area contributed by atoms with Gasteiger partial charge in [-0.05, 0) is 25.2 Å². The molecule has 2 aliphatic rings. The van der Waals surface area contributed by atoms with E-state index in [4.69, 9.17) is 0 Å². The van der Waals surface area contributed by atoms with Crippen LogP contribution in [0.5, 0.6) is 0 Å². The molecule has 54 valence electrons. The normalized spacial score (nSPS) is 38.2. The average Bonchev–Trinajstić information content (AvgIpc) is 2.34. The van der Waals surface area contributed by atoms with Crippen molar-refractivity contribution >= 4 is 5.78 Å². The summed E-state index contributed by atoms with van der Waals surface area (Å²) in [5, 5.41) is 0. The first-order chi connectivity index (χ1) is 4.88. The molecule has 2 unspecified atom stereocenters. The summed E-state index contributed by atoms with van der Waals surface area (Å²) in [6, 6.07) is 0. The number of ketones is 1. The van der Waals surface area contributed by atoms with E-state index in [0.29, 0.717) is 17.6 Å². The molecule has 0 aromatic heterocycles. The molecule has 10 heavy (non-hydrogen) atoms. The molecule has 2 rings (SSSR count). The minimum Gasteiger partial charge on any atom is -0.299 e. The molecule has 0 aromatic carbocycles. The van der Waals surface area contributed by atoms with Crippen LogP contribution < -0.4 is 0 Å². The van der Waals surface area contributed by atoms with Crippen LogP contribution in [0.4, 0.5) is 0 Å². The van der Waals surface area contributed by atoms with Crippen LogP contribution in [-0.2, 0) is 4.79 Å². The monoisotopic (exact) mass is 136 g/mol. The summed E-state index contributed by atoms with van der Waals surface area (Å²) in [7, 11) is 0. The molecule has 0 saturated heterocycles. The molecule has 2 atom stereocenters. The minimum absolute atomic E-state index is 0.407. The third-order valence-electron chi connectivity index (χ3n) is 2.74. The minimum atomic E-state index is 0.407. The first-order valence-electron chi connectivity index (χ1n) is 4.05. The van der Waals surface area contributed by atoms with E-state index in [2.05, 4.69) is 12.2 Å². The van der Waals surface area contributed by atoms with E-state index in [0.717, 1.165) is 25.7 Å². The SMILES string of the molecule is O=C1CCC2CC=CCC12. The Kier molecular flexibility index (Phi) is 1.37. The predicted molar refractivity (Wildman–Crippen MR) is 39.6 cm³/mol. The molecule has 0 heterocycles. The maximum atomic E-state index is 11.2. The molecule has 2 aliphatic carbocycles. The Balaban J connectivity index is 2.17. The quantitative estimate of drug-likeness (QED) is 0.465. The lowest BCUT2D eigenvalue weighted by Crippen LogP contribution is -2.15. The zero-order valence-corrected chi connectivity index (χ0v) is 6.05. The van der Waals surface area contributed by atoms with Crippen molar-refractivity contribution in [2.24, 2.45) is 11.8 Å². The standard InChI is InChI=1S/C9H12O/c10-9-6-5-7-3-1-2-4-8(7)9/h1-2,7-8H,3-6H2. The zero-order valence-electron chi connectivity index (χ0n) is 6.05. The van der Waals surface area contributed by atoms with Gasteiger partial charge in [-0.1, -0.05) is 12.2 Å². The third kappa shape index (κ3) is 0.808. The Morgan fingerprint density at radius 3 is 2.90 bits per heavy atom. The highest BCUT2D eigenvalue weighted by atomic mass is 16.1. The molecule has 0 aromatic rings. The number of rotatable bonds is 0. The average molecular weight is 136 g/mol. The van der Waals surface area contributed by atoms with Gasteiger partial charge in [0.1, 0.15) is 5.78 Å². The molecule has 1 saturated carbocycles. The van der Waals surface area contributed by atoms with Gasteiger partial charge < -0.3 is 0 Å².